The second-order valence-corrected chi connectivity index (χ2v) is 7.13. The zero-order valence-electron chi connectivity index (χ0n) is 16.0. The molecule has 1 aromatic heterocycles. The molecule has 1 heterocycles. The highest BCUT2D eigenvalue weighted by Crippen LogP contribution is 2.21. The number of nitrogens with zero attached hydrogens (tertiary/aromatic N) is 3. The molecule has 2 aromatic rings. The largest absolute Gasteiger partial charge is 0.459 e. The van der Waals surface area contributed by atoms with E-state index in [-0.39, 0.29) is 12.6 Å². The van der Waals surface area contributed by atoms with Crippen LogP contribution in [0.15, 0.2) is 37.1 Å². The van der Waals surface area contributed by atoms with Crippen molar-refractivity contribution < 1.29 is 9.53 Å². The molecule has 0 unspecified atom stereocenters. The fraction of sp³-hybridized carbons (Fsp3) is 0.476. The van der Waals surface area contributed by atoms with E-state index in [9.17, 15) is 4.79 Å². The van der Waals surface area contributed by atoms with Gasteiger partial charge in [0.1, 0.15) is 12.3 Å². The predicted octanol–water partition coefficient (Wildman–Crippen LogP) is 5.58. The summed E-state index contributed by atoms with van der Waals surface area (Å²) in [6.45, 7) is 5.83. The normalized spacial score (nSPS) is 10.7. The van der Waals surface area contributed by atoms with E-state index < -0.39 is 0 Å². The summed E-state index contributed by atoms with van der Waals surface area (Å²) < 4.78 is 6.88. The molecule has 0 spiro atoms. The second-order valence-electron chi connectivity index (χ2n) is 6.72. The first-order valence-corrected chi connectivity index (χ1v) is 9.92. The maximum atomic E-state index is 11.8. The second kappa shape index (κ2) is 11.5. The summed E-state index contributed by atoms with van der Waals surface area (Å²) in [5.74, 6) is -0.190. The standard InChI is InChI=1S/C21H28ClN3O2/c1-3-4-5-6-7-8-9-10-11-21(26)27-16-18-15-25(24-23-18)20-13-12-17(2)14-19(20)22/h3,12-15H,1,4-11,16H2,2H3. The molecule has 0 saturated heterocycles. The van der Waals surface area contributed by atoms with Crippen molar-refractivity contribution in [1.29, 1.82) is 0 Å². The fourth-order valence-corrected chi connectivity index (χ4v) is 3.09. The highest BCUT2D eigenvalue weighted by atomic mass is 35.5. The van der Waals surface area contributed by atoms with Gasteiger partial charge in [0.25, 0.3) is 0 Å². The number of hydrogen-bond donors (Lipinski definition) is 0. The van der Waals surface area contributed by atoms with Gasteiger partial charge >= 0.3 is 5.97 Å². The molecule has 0 fully saturated rings. The Kier molecular flexibility index (Phi) is 9.05. The summed E-state index contributed by atoms with van der Waals surface area (Å²) in [7, 11) is 0. The van der Waals surface area contributed by atoms with Gasteiger partial charge in [0, 0.05) is 6.42 Å². The number of aromatic nitrogens is 3. The maximum Gasteiger partial charge on any atom is 0.306 e. The predicted molar refractivity (Wildman–Crippen MR) is 108 cm³/mol. The molecular weight excluding hydrogens is 362 g/mol. The third-order valence-corrected chi connectivity index (χ3v) is 4.61. The quantitative estimate of drug-likeness (QED) is 0.270. The van der Waals surface area contributed by atoms with E-state index in [4.69, 9.17) is 16.3 Å². The van der Waals surface area contributed by atoms with Gasteiger partial charge in [-0.25, -0.2) is 4.68 Å². The molecule has 146 valence electrons. The van der Waals surface area contributed by atoms with Crippen LogP contribution in [0, 0.1) is 6.92 Å². The molecule has 5 nitrogen and oxygen atoms in total. The molecular formula is C21H28ClN3O2. The zero-order chi connectivity index (χ0) is 19.5. The number of hydrogen-bond acceptors (Lipinski definition) is 4. The van der Waals surface area contributed by atoms with Crippen molar-refractivity contribution in [3.63, 3.8) is 0 Å². The number of carbonyl (C=O) groups is 1. The lowest BCUT2D eigenvalue weighted by Crippen LogP contribution is -2.04. The first-order valence-electron chi connectivity index (χ1n) is 9.54. The number of unbranched alkanes of at least 4 members (excludes halogenated alkanes) is 6. The molecule has 0 radical (unpaired) electrons. The molecule has 0 amide bonds. The Balaban J connectivity index is 1.66. The van der Waals surface area contributed by atoms with Gasteiger partial charge in [0.05, 0.1) is 16.9 Å². The van der Waals surface area contributed by atoms with Gasteiger partial charge in [-0.2, -0.15) is 0 Å². The Morgan fingerprint density at radius 3 is 2.70 bits per heavy atom. The van der Waals surface area contributed by atoms with Crippen LogP contribution in [-0.2, 0) is 16.1 Å². The monoisotopic (exact) mass is 389 g/mol. The number of carbonyl (C=O) groups excluding carboxylic acids is 1. The Labute approximate surface area is 166 Å². The lowest BCUT2D eigenvalue weighted by Gasteiger charge is -2.04. The molecule has 0 atom stereocenters. The number of ether oxygens (including phenoxy) is 1. The van der Waals surface area contributed by atoms with Crippen molar-refractivity contribution in [2.24, 2.45) is 0 Å². The van der Waals surface area contributed by atoms with Gasteiger partial charge in [-0.3, -0.25) is 4.79 Å². The average molecular weight is 390 g/mol. The molecule has 0 aliphatic rings. The van der Waals surface area contributed by atoms with E-state index >= 15 is 0 Å². The summed E-state index contributed by atoms with van der Waals surface area (Å²) in [4.78, 5) is 11.8. The molecule has 0 bridgehead atoms. The van der Waals surface area contributed by atoms with Crippen molar-refractivity contribution in [3.8, 4) is 5.69 Å². The number of rotatable bonds is 12. The first kappa shape index (κ1) is 21.2. The van der Waals surface area contributed by atoms with Gasteiger partial charge in [-0.05, 0) is 43.9 Å². The molecule has 6 heteroatoms. The van der Waals surface area contributed by atoms with Crippen LogP contribution < -0.4 is 0 Å². The summed E-state index contributed by atoms with van der Waals surface area (Å²) in [6, 6.07) is 5.72. The van der Waals surface area contributed by atoms with Crippen LogP contribution in [0.1, 0.15) is 62.6 Å². The van der Waals surface area contributed by atoms with E-state index in [1.54, 1.807) is 10.9 Å². The summed E-state index contributed by atoms with van der Waals surface area (Å²) in [6.07, 6.45) is 12.0. The molecule has 0 aliphatic carbocycles. The number of allylic oxidation sites excluding steroid dienone is 1. The van der Waals surface area contributed by atoms with Gasteiger partial charge < -0.3 is 4.74 Å². The van der Waals surface area contributed by atoms with E-state index in [0.29, 0.717) is 17.1 Å². The van der Waals surface area contributed by atoms with Gasteiger partial charge in [-0.1, -0.05) is 54.6 Å². The van der Waals surface area contributed by atoms with Gasteiger partial charge in [-0.15, -0.1) is 11.7 Å². The van der Waals surface area contributed by atoms with Crippen LogP contribution in [0.5, 0.6) is 0 Å². The van der Waals surface area contributed by atoms with Gasteiger partial charge in [0.15, 0.2) is 0 Å². The summed E-state index contributed by atoms with van der Waals surface area (Å²) in [5, 5.41) is 8.70. The van der Waals surface area contributed by atoms with E-state index in [2.05, 4.69) is 16.9 Å². The minimum atomic E-state index is -0.190. The number of aryl methyl sites for hydroxylation is 1. The van der Waals surface area contributed by atoms with Crippen LogP contribution in [0.25, 0.3) is 5.69 Å². The third-order valence-electron chi connectivity index (χ3n) is 4.31. The fourth-order valence-electron chi connectivity index (χ4n) is 2.77. The number of benzene rings is 1. The molecule has 1 aromatic carbocycles. The lowest BCUT2D eigenvalue weighted by molar-refractivity contribution is -0.145. The smallest absolute Gasteiger partial charge is 0.306 e. The minimum absolute atomic E-state index is 0.129. The molecule has 0 saturated carbocycles. The third kappa shape index (κ3) is 7.55. The molecule has 27 heavy (non-hydrogen) atoms. The van der Waals surface area contributed by atoms with Crippen LogP contribution >= 0.6 is 11.6 Å². The van der Waals surface area contributed by atoms with Crippen molar-refractivity contribution >= 4 is 17.6 Å². The molecule has 2 rings (SSSR count). The average Bonchev–Trinajstić information content (AvgIpc) is 3.11. The maximum absolute atomic E-state index is 11.8. The van der Waals surface area contributed by atoms with E-state index in [0.717, 1.165) is 36.9 Å². The number of esters is 1. The Morgan fingerprint density at radius 2 is 1.96 bits per heavy atom. The van der Waals surface area contributed by atoms with Crippen molar-refractivity contribution in [2.45, 2.75) is 64.9 Å². The number of halogens is 1. The Bertz CT molecular complexity index is 743. The Morgan fingerprint density at radius 1 is 1.22 bits per heavy atom. The van der Waals surface area contributed by atoms with Crippen LogP contribution in [0.2, 0.25) is 5.02 Å². The van der Waals surface area contributed by atoms with Crippen LogP contribution in [0.3, 0.4) is 0 Å². The van der Waals surface area contributed by atoms with Crippen molar-refractivity contribution in [2.75, 3.05) is 0 Å². The zero-order valence-corrected chi connectivity index (χ0v) is 16.7. The van der Waals surface area contributed by atoms with Crippen molar-refractivity contribution in [3.05, 3.63) is 53.3 Å². The van der Waals surface area contributed by atoms with Gasteiger partial charge in [0.2, 0.25) is 0 Å². The SMILES string of the molecule is C=CCCCCCCCCC(=O)OCc1cn(-c2ccc(C)cc2Cl)nn1. The highest BCUT2D eigenvalue weighted by Gasteiger charge is 2.09. The topological polar surface area (TPSA) is 57.0 Å². The van der Waals surface area contributed by atoms with Crippen LogP contribution in [-0.4, -0.2) is 21.0 Å². The van der Waals surface area contributed by atoms with E-state index in [1.807, 2.05) is 31.2 Å². The summed E-state index contributed by atoms with van der Waals surface area (Å²) >= 11 is 6.24. The van der Waals surface area contributed by atoms with Crippen LogP contribution in [0.4, 0.5) is 0 Å². The van der Waals surface area contributed by atoms with Crippen molar-refractivity contribution in [1.82, 2.24) is 15.0 Å². The lowest BCUT2D eigenvalue weighted by atomic mass is 10.1. The first-order chi connectivity index (χ1) is 13.1. The Hall–Kier alpha value is -2.14. The highest BCUT2D eigenvalue weighted by molar-refractivity contribution is 6.32. The minimum Gasteiger partial charge on any atom is -0.459 e. The molecule has 0 N–H and O–H groups in total. The molecule has 0 aliphatic heterocycles. The van der Waals surface area contributed by atoms with E-state index in [1.165, 1.54) is 19.3 Å². The summed E-state index contributed by atoms with van der Waals surface area (Å²) in [5.41, 5.74) is 2.43.